The van der Waals surface area contributed by atoms with Crippen LogP contribution in [0.2, 0.25) is 0 Å². The molecule has 1 amide bonds. The van der Waals surface area contributed by atoms with Gasteiger partial charge in [0.25, 0.3) is 0 Å². The van der Waals surface area contributed by atoms with Gasteiger partial charge in [0.1, 0.15) is 0 Å². The van der Waals surface area contributed by atoms with Crippen molar-refractivity contribution in [3.8, 4) is 11.3 Å². The van der Waals surface area contributed by atoms with Crippen molar-refractivity contribution in [2.45, 2.75) is 12.5 Å². The fourth-order valence-electron chi connectivity index (χ4n) is 2.94. The van der Waals surface area contributed by atoms with Gasteiger partial charge < -0.3 is 10.2 Å². The van der Waals surface area contributed by atoms with Crippen LogP contribution in [0, 0.1) is 0 Å². The van der Waals surface area contributed by atoms with Crippen LogP contribution in [-0.4, -0.2) is 53.9 Å². The van der Waals surface area contributed by atoms with Gasteiger partial charge in [0.2, 0.25) is 12.4 Å². The molecule has 1 N–H and O–H groups in total. The second-order valence-corrected chi connectivity index (χ2v) is 6.05. The molecular formula is C16H18N8O. The van der Waals surface area contributed by atoms with E-state index in [-0.39, 0.29) is 6.04 Å². The Hall–Kier alpha value is -3.23. The van der Waals surface area contributed by atoms with Crippen molar-refractivity contribution in [2.75, 3.05) is 18.4 Å². The van der Waals surface area contributed by atoms with E-state index >= 15 is 0 Å². The molecule has 3 aromatic heterocycles. The number of rotatable bonds is 5. The third-order valence-electron chi connectivity index (χ3n) is 4.23. The predicted molar refractivity (Wildman–Crippen MR) is 91.0 cm³/mol. The lowest BCUT2D eigenvalue weighted by molar-refractivity contribution is -0.117. The predicted octanol–water partition coefficient (Wildman–Crippen LogP) is 1.22. The highest BCUT2D eigenvalue weighted by Crippen LogP contribution is 2.24. The molecule has 0 saturated carbocycles. The molecule has 1 atom stereocenters. The molecule has 4 heterocycles. The molecule has 0 aromatic carbocycles. The zero-order valence-electron chi connectivity index (χ0n) is 13.8. The van der Waals surface area contributed by atoms with E-state index < -0.39 is 0 Å². The molecule has 9 heteroatoms. The highest BCUT2D eigenvalue weighted by molar-refractivity contribution is 5.60. The second kappa shape index (κ2) is 6.34. The number of amides is 1. The minimum atomic E-state index is 0.216. The number of carbonyl (C=O) groups excluding carboxylic acids is 1. The average Bonchev–Trinajstić information content (AvgIpc) is 3.35. The van der Waals surface area contributed by atoms with Crippen molar-refractivity contribution in [1.82, 2.24) is 34.4 Å². The van der Waals surface area contributed by atoms with E-state index in [0.717, 1.165) is 36.3 Å². The summed E-state index contributed by atoms with van der Waals surface area (Å²) in [6.07, 6.45) is 10.8. The lowest BCUT2D eigenvalue weighted by Crippen LogP contribution is -2.19. The first-order valence-corrected chi connectivity index (χ1v) is 8.04. The van der Waals surface area contributed by atoms with Gasteiger partial charge in [-0.3, -0.25) is 14.2 Å². The summed E-state index contributed by atoms with van der Waals surface area (Å²) in [5, 5.41) is 11.7. The van der Waals surface area contributed by atoms with Crippen molar-refractivity contribution < 1.29 is 4.79 Å². The van der Waals surface area contributed by atoms with E-state index in [9.17, 15) is 4.79 Å². The maximum atomic E-state index is 10.9. The molecule has 0 aliphatic carbocycles. The highest BCUT2D eigenvalue weighted by atomic mass is 16.1. The molecule has 0 spiro atoms. The summed E-state index contributed by atoms with van der Waals surface area (Å²) in [7, 11) is 1.85. The molecule has 1 aliphatic rings. The van der Waals surface area contributed by atoms with Gasteiger partial charge in [-0.15, -0.1) is 0 Å². The minimum Gasteiger partial charge on any atom is -0.343 e. The molecule has 1 aliphatic heterocycles. The van der Waals surface area contributed by atoms with E-state index in [1.165, 1.54) is 0 Å². The van der Waals surface area contributed by atoms with Crippen LogP contribution in [0.4, 0.5) is 11.6 Å². The number of nitrogens with one attached hydrogen (secondary N) is 1. The van der Waals surface area contributed by atoms with Crippen LogP contribution in [-0.2, 0) is 11.8 Å². The Labute approximate surface area is 144 Å². The van der Waals surface area contributed by atoms with Gasteiger partial charge in [0.15, 0.2) is 0 Å². The van der Waals surface area contributed by atoms with Crippen molar-refractivity contribution in [3.05, 3.63) is 37.1 Å². The van der Waals surface area contributed by atoms with Crippen LogP contribution in [0.15, 0.2) is 37.1 Å². The molecule has 4 rings (SSSR count). The van der Waals surface area contributed by atoms with Gasteiger partial charge in [-0.1, -0.05) is 0 Å². The monoisotopic (exact) mass is 338 g/mol. The summed E-state index contributed by atoms with van der Waals surface area (Å²) in [5.74, 6) is 0.506. The highest BCUT2D eigenvalue weighted by Gasteiger charge is 2.23. The Bertz CT molecular complexity index is 886. The quantitative estimate of drug-likeness (QED) is 0.703. The van der Waals surface area contributed by atoms with E-state index in [1.807, 2.05) is 30.2 Å². The van der Waals surface area contributed by atoms with E-state index in [1.54, 1.807) is 28.2 Å². The van der Waals surface area contributed by atoms with Gasteiger partial charge in [-0.25, -0.2) is 9.97 Å². The number of likely N-dealkylation sites (tertiary alicyclic amines) is 1. The molecule has 1 fully saturated rings. The summed E-state index contributed by atoms with van der Waals surface area (Å²) in [4.78, 5) is 21.4. The first-order valence-electron chi connectivity index (χ1n) is 8.04. The zero-order chi connectivity index (χ0) is 17.2. The Morgan fingerprint density at radius 2 is 2.20 bits per heavy atom. The number of anilines is 2. The van der Waals surface area contributed by atoms with Crippen molar-refractivity contribution in [1.29, 1.82) is 0 Å². The molecule has 3 aromatic rings. The van der Waals surface area contributed by atoms with Crippen LogP contribution in [0.5, 0.6) is 0 Å². The van der Waals surface area contributed by atoms with Gasteiger partial charge >= 0.3 is 0 Å². The number of hydrogen-bond donors (Lipinski definition) is 1. The smallest absolute Gasteiger partial charge is 0.227 e. The van der Waals surface area contributed by atoms with Crippen molar-refractivity contribution >= 4 is 18.0 Å². The van der Waals surface area contributed by atoms with Gasteiger partial charge in [0.05, 0.1) is 29.8 Å². The Kier molecular flexibility index (Phi) is 3.88. The zero-order valence-corrected chi connectivity index (χ0v) is 13.8. The Morgan fingerprint density at radius 3 is 2.96 bits per heavy atom. The van der Waals surface area contributed by atoms with E-state index in [0.29, 0.717) is 12.5 Å². The summed E-state index contributed by atoms with van der Waals surface area (Å²) >= 11 is 0. The molecule has 25 heavy (non-hydrogen) atoms. The third kappa shape index (κ3) is 3.21. The maximum Gasteiger partial charge on any atom is 0.227 e. The van der Waals surface area contributed by atoms with Crippen LogP contribution in [0.3, 0.4) is 0 Å². The molecule has 1 unspecified atom stereocenters. The number of carbonyl (C=O) groups is 1. The average molecular weight is 338 g/mol. The topological polar surface area (TPSA) is 93.8 Å². The van der Waals surface area contributed by atoms with Crippen molar-refractivity contribution in [3.63, 3.8) is 0 Å². The first-order chi connectivity index (χ1) is 12.2. The minimum absolute atomic E-state index is 0.216. The van der Waals surface area contributed by atoms with Gasteiger partial charge in [0, 0.05) is 44.3 Å². The Balaban J connectivity index is 1.52. The van der Waals surface area contributed by atoms with E-state index in [4.69, 9.17) is 0 Å². The maximum absolute atomic E-state index is 10.9. The summed E-state index contributed by atoms with van der Waals surface area (Å²) in [6, 6.07) is 2.07. The van der Waals surface area contributed by atoms with Gasteiger partial charge in [-0.05, 0) is 12.5 Å². The third-order valence-corrected chi connectivity index (χ3v) is 4.23. The molecule has 0 bridgehead atoms. The second-order valence-electron chi connectivity index (χ2n) is 6.05. The van der Waals surface area contributed by atoms with Crippen LogP contribution >= 0.6 is 0 Å². The first kappa shape index (κ1) is 15.3. The van der Waals surface area contributed by atoms with Crippen molar-refractivity contribution in [2.24, 2.45) is 7.05 Å². The largest absolute Gasteiger partial charge is 0.343 e. The van der Waals surface area contributed by atoms with Gasteiger partial charge in [-0.2, -0.15) is 10.2 Å². The fraction of sp³-hybridized carbons (Fsp3) is 0.312. The number of hydrogen-bond acceptors (Lipinski definition) is 6. The lowest BCUT2D eigenvalue weighted by Gasteiger charge is -2.10. The number of nitrogens with zero attached hydrogens (tertiary/aromatic N) is 7. The van der Waals surface area contributed by atoms with Crippen LogP contribution in [0.25, 0.3) is 11.3 Å². The summed E-state index contributed by atoms with van der Waals surface area (Å²) < 4.78 is 3.62. The standard InChI is InChI=1S/C16H18N8O/c1-22-9-13(7-18-22)20-16-17-4-2-15(21-16)12-6-19-24(8-12)14-3-5-23(10-14)11-25/h2,4,6-9,11,14H,3,5,10H2,1H3,(H,17,20,21). The molecule has 128 valence electrons. The normalized spacial score (nSPS) is 17.0. The number of aromatic nitrogens is 6. The SMILES string of the molecule is Cn1cc(Nc2nccc(-c3cnn(C4CCN(C=O)C4)c3)n2)cn1. The van der Waals surface area contributed by atoms with Crippen LogP contribution in [0.1, 0.15) is 12.5 Å². The summed E-state index contributed by atoms with van der Waals surface area (Å²) in [5.41, 5.74) is 2.54. The molecule has 1 saturated heterocycles. The fourth-order valence-corrected chi connectivity index (χ4v) is 2.94. The molecule has 9 nitrogen and oxygen atoms in total. The molecular weight excluding hydrogens is 320 g/mol. The van der Waals surface area contributed by atoms with E-state index in [2.05, 4.69) is 25.5 Å². The van der Waals surface area contributed by atoms with Crippen LogP contribution < -0.4 is 5.32 Å². The Morgan fingerprint density at radius 1 is 1.28 bits per heavy atom. The lowest BCUT2D eigenvalue weighted by atomic mass is 10.2. The molecule has 0 radical (unpaired) electrons. The summed E-state index contributed by atoms with van der Waals surface area (Å²) in [6.45, 7) is 1.47. The number of aryl methyl sites for hydroxylation is 1.